The quantitative estimate of drug-likeness (QED) is 0.397. The van der Waals surface area contributed by atoms with Gasteiger partial charge in [-0.1, -0.05) is 29.3 Å². The third-order valence-corrected chi connectivity index (χ3v) is 4.41. The lowest BCUT2D eigenvalue weighted by Gasteiger charge is -2.05. The number of hydrogen-bond acceptors (Lipinski definition) is 1. The van der Waals surface area contributed by atoms with Gasteiger partial charge < -0.3 is 4.98 Å². The second-order valence-corrected chi connectivity index (χ2v) is 6.68. The molecule has 0 radical (unpaired) electrons. The van der Waals surface area contributed by atoms with Crippen LogP contribution in [0, 0.1) is 0 Å². The number of nitrogens with one attached hydrogen (secondary N) is 2. The van der Waals surface area contributed by atoms with Crippen LogP contribution in [0.3, 0.4) is 0 Å². The first-order chi connectivity index (χ1) is 12.3. The zero-order chi connectivity index (χ0) is 18.5. The molecule has 8 heteroatoms. The van der Waals surface area contributed by atoms with Crippen molar-refractivity contribution >= 4 is 34.1 Å². The van der Waals surface area contributed by atoms with Gasteiger partial charge in [0.15, 0.2) is 0 Å². The summed E-state index contributed by atoms with van der Waals surface area (Å²) in [5.41, 5.74) is 2.33. The lowest BCUT2D eigenvalue weighted by atomic mass is 10.1. The van der Waals surface area contributed by atoms with E-state index in [4.69, 9.17) is 23.2 Å². The number of nitrogens with zero attached hydrogens (tertiary/aromatic N) is 1. The van der Waals surface area contributed by atoms with Gasteiger partial charge in [-0.3, -0.25) is 5.10 Å². The highest BCUT2D eigenvalue weighted by Crippen LogP contribution is 2.33. The van der Waals surface area contributed by atoms with Crippen molar-refractivity contribution in [1.29, 1.82) is 0 Å². The summed E-state index contributed by atoms with van der Waals surface area (Å²) in [6.07, 6.45) is -4.38. The number of fused-ring (bicyclic) bond motifs is 1. The van der Waals surface area contributed by atoms with Crippen molar-refractivity contribution in [3.05, 3.63) is 64.1 Å². The molecule has 0 saturated carbocycles. The van der Waals surface area contributed by atoms with E-state index in [1.165, 1.54) is 6.07 Å². The number of aromatic nitrogens is 3. The van der Waals surface area contributed by atoms with Crippen LogP contribution in [-0.4, -0.2) is 15.2 Å². The molecule has 4 rings (SSSR count). The molecule has 2 heterocycles. The molecule has 2 aromatic carbocycles. The van der Waals surface area contributed by atoms with Gasteiger partial charge in [0.2, 0.25) is 0 Å². The monoisotopic (exact) mass is 395 g/mol. The fraction of sp³-hybridized carbons (Fsp3) is 0.0556. The first kappa shape index (κ1) is 17.0. The minimum atomic E-state index is -4.38. The standard InChI is InChI=1S/C18H10Cl2F3N3/c19-12-3-10(4-13(20)7-12)15-8-17(26-25-15)16-5-9-1-2-11(18(21,22)23)6-14(9)24-16/h1-8,24H,(H,25,26). The number of H-pyrrole nitrogens is 2. The van der Waals surface area contributed by atoms with E-state index in [9.17, 15) is 13.2 Å². The molecule has 0 bridgehead atoms. The minimum Gasteiger partial charge on any atom is -0.353 e. The average molecular weight is 396 g/mol. The zero-order valence-corrected chi connectivity index (χ0v) is 14.5. The van der Waals surface area contributed by atoms with Crippen molar-refractivity contribution in [3.8, 4) is 22.6 Å². The number of aromatic amines is 2. The SMILES string of the molecule is FC(F)(F)c1ccc2cc(-c3cc(-c4cc(Cl)cc(Cl)c4)n[nH]3)[nH]c2c1. The van der Waals surface area contributed by atoms with Gasteiger partial charge >= 0.3 is 6.18 Å². The smallest absolute Gasteiger partial charge is 0.353 e. The maximum atomic E-state index is 12.9. The number of rotatable bonds is 2. The van der Waals surface area contributed by atoms with E-state index >= 15 is 0 Å². The summed E-state index contributed by atoms with van der Waals surface area (Å²) in [6, 6.07) is 12.2. The van der Waals surface area contributed by atoms with Gasteiger partial charge in [-0.05, 0) is 42.5 Å². The molecule has 0 spiro atoms. The largest absolute Gasteiger partial charge is 0.416 e. The van der Waals surface area contributed by atoms with Gasteiger partial charge in [-0.25, -0.2) is 0 Å². The van der Waals surface area contributed by atoms with Gasteiger partial charge in [0.25, 0.3) is 0 Å². The van der Waals surface area contributed by atoms with Crippen LogP contribution in [0.1, 0.15) is 5.56 Å². The topological polar surface area (TPSA) is 44.5 Å². The van der Waals surface area contributed by atoms with Crippen molar-refractivity contribution in [1.82, 2.24) is 15.2 Å². The van der Waals surface area contributed by atoms with E-state index < -0.39 is 11.7 Å². The molecule has 0 aliphatic carbocycles. The molecule has 2 N–H and O–H groups in total. The molecule has 0 fully saturated rings. The normalized spacial score (nSPS) is 12.0. The highest BCUT2D eigenvalue weighted by Gasteiger charge is 2.30. The van der Waals surface area contributed by atoms with Gasteiger partial charge in [-0.15, -0.1) is 0 Å². The second-order valence-electron chi connectivity index (χ2n) is 5.81. The molecule has 0 amide bonds. The first-order valence-corrected chi connectivity index (χ1v) is 8.27. The summed E-state index contributed by atoms with van der Waals surface area (Å²) < 4.78 is 38.6. The van der Waals surface area contributed by atoms with Crippen LogP contribution in [0.2, 0.25) is 10.0 Å². The summed E-state index contributed by atoms with van der Waals surface area (Å²) in [4.78, 5) is 2.99. The minimum absolute atomic E-state index is 0.400. The van der Waals surface area contributed by atoms with Crippen molar-refractivity contribution in [2.45, 2.75) is 6.18 Å². The van der Waals surface area contributed by atoms with E-state index in [-0.39, 0.29) is 0 Å². The Labute approximate surface area is 155 Å². The predicted molar refractivity (Wildman–Crippen MR) is 96.3 cm³/mol. The molecule has 0 unspecified atom stereocenters. The summed E-state index contributed by atoms with van der Waals surface area (Å²) in [6.45, 7) is 0. The molecule has 132 valence electrons. The van der Waals surface area contributed by atoms with E-state index in [0.717, 1.165) is 17.7 Å². The van der Waals surface area contributed by atoms with E-state index in [2.05, 4.69) is 15.2 Å². The molecular weight excluding hydrogens is 386 g/mol. The van der Waals surface area contributed by atoms with Crippen LogP contribution in [0.25, 0.3) is 33.5 Å². The number of benzene rings is 2. The molecular formula is C18H10Cl2F3N3. The van der Waals surface area contributed by atoms with Crippen LogP contribution >= 0.6 is 23.2 Å². The van der Waals surface area contributed by atoms with Crippen LogP contribution in [-0.2, 0) is 6.18 Å². The van der Waals surface area contributed by atoms with Crippen LogP contribution in [0.5, 0.6) is 0 Å². The maximum absolute atomic E-state index is 12.9. The Hall–Kier alpha value is -2.44. The lowest BCUT2D eigenvalue weighted by Crippen LogP contribution is -2.03. The first-order valence-electron chi connectivity index (χ1n) is 7.52. The summed E-state index contributed by atoms with van der Waals surface area (Å²) in [5, 5.41) is 8.76. The Bertz CT molecular complexity index is 1090. The third kappa shape index (κ3) is 3.18. The fourth-order valence-electron chi connectivity index (χ4n) is 2.76. The van der Waals surface area contributed by atoms with Crippen LogP contribution in [0.15, 0.2) is 48.5 Å². The van der Waals surface area contributed by atoms with E-state index in [0.29, 0.717) is 38.0 Å². The number of hydrogen-bond donors (Lipinski definition) is 2. The van der Waals surface area contributed by atoms with Crippen molar-refractivity contribution in [2.75, 3.05) is 0 Å². The molecule has 0 atom stereocenters. The summed E-state index contributed by atoms with van der Waals surface area (Å²) >= 11 is 12.0. The van der Waals surface area contributed by atoms with Gasteiger partial charge in [0.1, 0.15) is 0 Å². The van der Waals surface area contributed by atoms with Gasteiger partial charge in [0.05, 0.1) is 22.6 Å². The van der Waals surface area contributed by atoms with Crippen LogP contribution in [0.4, 0.5) is 13.2 Å². The Kier molecular flexibility index (Phi) is 3.97. The summed E-state index contributed by atoms with van der Waals surface area (Å²) in [5.74, 6) is 0. The second kappa shape index (κ2) is 6.07. The Balaban J connectivity index is 1.73. The van der Waals surface area contributed by atoms with E-state index in [1.807, 2.05) is 0 Å². The zero-order valence-electron chi connectivity index (χ0n) is 13.0. The number of halogens is 5. The lowest BCUT2D eigenvalue weighted by molar-refractivity contribution is -0.137. The number of alkyl halides is 3. The van der Waals surface area contributed by atoms with Gasteiger partial charge in [0, 0.05) is 26.5 Å². The fourth-order valence-corrected chi connectivity index (χ4v) is 3.28. The van der Waals surface area contributed by atoms with Crippen molar-refractivity contribution < 1.29 is 13.2 Å². The Morgan fingerprint density at radius 3 is 2.27 bits per heavy atom. The Morgan fingerprint density at radius 2 is 1.58 bits per heavy atom. The van der Waals surface area contributed by atoms with Crippen molar-refractivity contribution in [2.24, 2.45) is 0 Å². The van der Waals surface area contributed by atoms with Crippen LogP contribution < -0.4 is 0 Å². The molecule has 0 aliphatic heterocycles. The summed E-state index contributed by atoms with van der Waals surface area (Å²) in [7, 11) is 0. The predicted octanol–water partition coefficient (Wildman–Crippen LogP) is 6.55. The molecule has 0 aliphatic rings. The average Bonchev–Trinajstić information content (AvgIpc) is 3.19. The highest BCUT2D eigenvalue weighted by molar-refractivity contribution is 6.35. The maximum Gasteiger partial charge on any atom is 0.416 e. The highest BCUT2D eigenvalue weighted by atomic mass is 35.5. The van der Waals surface area contributed by atoms with Crippen molar-refractivity contribution in [3.63, 3.8) is 0 Å². The Morgan fingerprint density at radius 1 is 0.846 bits per heavy atom. The molecule has 2 aromatic heterocycles. The molecule has 26 heavy (non-hydrogen) atoms. The third-order valence-electron chi connectivity index (χ3n) is 3.98. The van der Waals surface area contributed by atoms with Gasteiger partial charge in [-0.2, -0.15) is 18.3 Å². The molecule has 4 aromatic rings. The molecule has 0 saturated heterocycles. The van der Waals surface area contributed by atoms with E-state index in [1.54, 1.807) is 30.3 Å². The molecule has 3 nitrogen and oxygen atoms in total.